The van der Waals surface area contributed by atoms with Gasteiger partial charge in [-0.1, -0.05) is 45.2 Å². The van der Waals surface area contributed by atoms with E-state index < -0.39 is 10.0 Å². The molecule has 2 heterocycles. The lowest BCUT2D eigenvalue weighted by molar-refractivity contribution is 0.384. The fraction of sp³-hybridized carbons (Fsp3) is 0.250. The number of hydrogen-bond acceptors (Lipinski definition) is 5. The molecular formula is C20H18BrCl2N3O2S2. The zero-order chi connectivity index (χ0) is 21.3. The number of anilines is 1. The van der Waals surface area contributed by atoms with Crippen LogP contribution in [0.3, 0.4) is 0 Å². The summed E-state index contributed by atoms with van der Waals surface area (Å²) in [6, 6.07) is 12.3. The van der Waals surface area contributed by atoms with Gasteiger partial charge in [0.1, 0.15) is 0 Å². The molecule has 1 aliphatic heterocycles. The highest BCUT2D eigenvalue weighted by Crippen LogP contribution is 2.27. The van der Waals surface area contributed by atoms with Crippen molar-refractivity contribution in [1.82, 2.24) is 9.29 Å². The van der Waals surface area contributed by atoms with Gasteiger partial charge in [-0.2, -0.15) is 4.31 Å². The molecule has 0 unspecified atom stereocenters. The lowest BCUT2D eigenvalue weighted by Crippen LogP contribution is -2.48. The molecule has 0 N–H and O–H groups in total. The van der Waals surface area contributed by atoms with Crippen molar-refractivity contribution < 1.29 is 8.42 Å². The molecule has 158 valence electrons. The molecule has 10 heteroatoms. The van der Waals surface area contributed by atoms with Gasteiger partial charge < -0.3 is 4.90 Å². The van der Waals surface area contributed by atoms with Crippen molar-refractivity contribution in [3.63, 3.8) is 0 Å². The van der Waals surface area contributed by atoms with Gasteiger partial charge in [-0.15, -0.1) is 11.3 Å². The van der Waals surface area contributed by atoms with E-state index in [2.05, 4.69) is 20.8 Å². The number of hydrogen-bond donors (Lipinski definition) is 0. The number of thiazole rings is 1. The molecule has 1 fully saturated rings. The van der Waals surface area contributed by atoms with E-state index in [0.29, 0.717) is 47.5 Å². The maximum atomic E-state index is 12.9. The van der Waals surface area contributed by atoms with Gasteiger partial charge in [0.2, 0.25) is 10.0 Å². The van der Waals surface area contributed by atoms with Crippen LogP contribution in [0.2, 0.25) is 10.0 Å². The van der Waals surface area contributed by atoms with Gasteiger partial charge in [-0.3, -0.25) is 0 Å². The highest BCUT2D eigenvalue weighted by atomic mass is 79.9. The minimum Gasteiger partial charge on any atom is -0.345 e. The Morgan fingerprint density at radius 1 is 1.03 bits per heavy atom. The van der Waals surface area contributed by atoms with Crippen molar-refractivity contribution in [2.75, 3.05) is 31.1 Å². The van der Waals surface area contributed by atoms with Crippen LogP contribution in [-0.4, -0.2) is 43.9 Å². The van der Waals surface area contributed by atoms with E-state index in [1.807, 2.05) is 23.6 Å². The Balaban J connectivity index is 1.41. The molecule has 0 amide bonds. The predicted octanol–water partition coefficient (Wildman–Crippen LogP) is 5.31. The van der Waals surface area contributed by atoms with Crippen molar-refractivity contribution >= 4 is 65.6 Å². The summed E-state index contributed by atoms with van der Waals surface area (Å²) >= 11 is 17.1. The smallest absolute Gasteiger partial charge is 0.243 e. The third kappa shape index (κ3) is 5.00. The first-order chi connectivity index (χ1) is 14.3. The molecule has 1 aromatic heterocycles. The first-order valence-corrected chi connectivity index (χ1v) is 13.1. The van der Waals surface area contributed by atoms with Crippen LogP contribution in [0.15, 0.2) is 57.2 Å². The molecule has 0 radical (unpaired) electrons. The van der Waals surface area contributed by atoms with Gasteiger partial charge in [0, 0.05) is 52.5 Å². The molecule has 1 saturated heterocycles. The molecule has 1 aliphatic rings. The molecule has 0 aliphatic carbocycles. The summed E-state index contributed by atoms with van der Waals surface area (Å²) in [4.78, 5) is 7.17. The van der Waals surface area contributed by atoms with Gasteiger partial charge in [0.25, 0.3) is 0 Å². The Kier molecular flexibility index (Phi) is 6.72. The van der Waals surface area contributed by atoms with E-state index in [-0.39, 0.29) is 0 Å². The summed E-state index contributed by atoms with van der Waals surface area (Å²) < 4.78 is 28.1. The Morgan fingerprint density at radius 2 is 1.73 bits per heavy atom. The standard InChI is InChI=1S/C20H18BrCl2N3O2S2/c21-15-2-1-3-19(11-15)30(27,28)26-6-4-25(5-7-26)20-24-18(13-29-20)10-14-8-16(22)12-17(23)9-14/h1-3,8-9,11-13H,4-7,10H2. The molecule has 2 aromatic carbocycles. The number of rotatable bonds is 5. The number of nitrogens with zero attached hydrogens (tertiary/aromatic N) is 3. The van der Waals surface area contributed by atoms with E-state index in [4.69, 9.17) is 28.2 Å². The van der Waals surface area contributed by atoms with E-state index in [1.54, 1.807) is 35.6 Å². The predicted molar refractivity (Wildman–Crippen MR) is 126 cm³/mol. The van der Waals surface area contributed by atoms with E-state index in [0.717, 1.165) is 20.9 Å². The maximum Gasteiger partial charge on any atom is 0.243 e. The average Bonchev–Trinajstić information content (AvgIpc) is 3.16. The van der Waals surface area contributed by atoms with Gasteiger partial charge in [-0.05, 0) is 42.0 Å². The molecule has 5 nitrogen and oxygen atoms in total. The summed E-state index contributed by atoms with van der Waals surface area (Å²) in [6.45, 7) is 2.05. The molecule has 3 aromatic rings. The summed E-state index contributed by atoms with van der Waals surface area (Å²) in [6.07, 6.45) is 0.647. The maximum absolute atomic E-state index is 12.9. The summed E-state index contributed by atoms with van der Waals surface area (Å²) in [5, 5.41) is 4.14. The van der Waals surface area contributed by atoms with Gasteiger partial charge >= 0.3 is 0 Å². The number of sulfonamides is 1. The van der Waals surface area contributed by atoms with Crippen LogP contribution in [-0.2, 0) is 16.4 Å². The molecule has 4 rings (SSSR count). The monoisotopic (exact) mass is 545 g/mol. The Bertz CT molecular complexity index is 1140. The van der Waals surface area contributed by atoms with Crippen LogP contribution in [0.1, 0.15) is 11.3 Å². The molecule has 0 atom stereocenters. The topological polar surface area (TPSA) is 53.5 Å². The Morgan fingerprint density at radius 3 is 2.40 bits per heavy atom. The molecule has 30 heavy (non-hydrogen) atoms. The van der Waals surface area contributed by atoms with Crippen molar-refractivity contribution in [3.8, 4) is 0 Å². The third-order valence-electron chi connectivity index (χ3n) is 4.79. The lowest BCUT2D eigenvalue weighted by atomic mass is 10.1. The first-order valence-electron chi connectivity index (χ1n) is 9.21. The van der Waals surface area contributed by atoms with Crippen molar-refractivity contribution in [3.05, 3.63) is 73.6 Å². The number of halogens is 3. The normalized spacial score (nSPS) is 15.5. The summed E-state index contributed by atoms with van der Waals surface area (Å²) in [5.41, 5.74) is 1.95. The van der Waals surface area contributed by atoms with Gasteiger partial charge in [0.15, 0.2) is 5.13 Å². The quantitative estimate of drug-likeness (QED) is 0.435. The minimum absolute atomic E-state index is 0.307. The average molecular weight is 547 g/mol. The fourth-order valence-corrected chi connectivity index (χ4v) is 6.81. The second kappa shape index (κ2) is 9.14. The molecule has 0 saturated carbocycles. The van der Waals surface area contributed by atoms with Gasteiger partial charge in [-0.25, -0.2) is 13.4 Å². The molecule has 0 bridgehead atoms. The third-order valence-corrected chi connectivity index (χ3v) is 8.56. The fourth-order valence-electron chi connectivity index (χ4n) is 3.34. The van der Waals surface area contributed by atoms with Crippen LogP contribution in [0, 0.1) is 0 Å². The van der Waals surface area contributed by atoms with Crippen LogP contribution in [0.5, 0.6) is 0 Å². The second-order valence-electron chi connectivity index (χ2n) is 6.92. The zero-order valence-corrected chi connectivity index (χ0v) is 20.5. The first kappa shape index (κ1) is 22.0. The van der Waals surface area contributed by atoms with Gasteiger partial charge in [0.05, 0.1) is 10.6 Å². The number of piperazine rings is 1. The van der Waals surface area contributed by atoms with Crippen LogP contribution < -0.4 is 4.90 Å². The zero-order valence-electron chi connectivity index (χ0n) is 15.8. The lowest BCUT2D eigenvalue weighted by Gasteiger charge is -2.33. The number of benzene rings is 2. The second-order valence-corrected chi connectivity index (χ2v) is 11.5. The number of aromatic nitrogens is 1. The van der Waals surface area contributed by atoms with E-state index in [1.165, 1.54) is 4.31 Å². The van der Waals surface area contributed by atoms with Crippen LogP contribution in [0.4, 0.5) is 5.13 Å². The Hall–Kier alpha value is -1.16. The largest absolute Gasteiger partial charge is 0.345 e. The van der Waals surface area contributed by atoms with E-state index >= 15 is 0 Å². The van der Waals surface area contributed by atoms with Crippen molar-refractivity contribution in [1.29, 1.82) is 0 Å². The molecular weight excluding hydrogens is 529 g/mol. The summed E-state index contributed by atoms with van der Waals surface area (Å²) in [7, 11) is -3.50. The highest BCUT2D eigenvalue weighted by molar-refractivity contribution is 9.10. The van der Waals surface area contributed by atoms with Crippen molar-refractivity contribution in [2.24, 2.45) is 0 Å². The van der Waals surface area contributed by atoms with Crippen LogP contribution in [0.25, 0.3) is 0 Å². The minimum atomic E-state index is -3.50. The molecule has 0 spiro atoms. The summed E-state index contributed by atoms with van der Waals surface area (Å²) in [5.74, 6) is 0. The highest BCUT2D eigenvalue weighted by Gasteiger charge is 2.29. The SMILES string of the molecule is O=S(=O)(c1cccc(Br)c1)N1CCN(c2nc(Cc3cc(Cl)cc(Cl)c3)cs2)CC1. The van der Waals surface area contributed by atoms with E-state index in [9.17, 15) is 8.42 Å². The van der Waals surface area contributed by atoms with Crippen molar-refractivity contribution in [2.45, 2.75) is 11.3 Å². The Labute approximate surface area is 198 Å². The van der Waals surface area contributed by atoms with Crippen LogP contribution >= 0.6 is 50.5 Å².